The summed E-state index contributed by atoms with van der Waals surface area (Å²) in [6.07, 6.45) is 12.0. The normalized spacial score (nSPS) is 15.8. The number of amides is 2. The molecule has 19 heteroatoms. The van der Waals surface area contributed by atoms with Crippen LogP contribution < -0.4 is 41.0 Å². The van der Waals surface area contributed by atoms with Crippen molar-refractivity contribution in [3.63, 3.8) is 0 Å². The van der Waals surface area contributed by atoms with Crippen LogP contribution in [0.25, 0.3) is 21.8 Å². The molecule has 5 N–H and O–H groups in total. The van der Waals surface area contributed by atoms with Gasteiger partial charge in [-0.1, -0.05) is 25.4 Å². The molecule has 6 aromatic rings. The van der Waals surface area contributed by atoms with Crippen LogP contribution in [0.5, 0.6) is 11.5 Å². The predicted octanol–water partition coefficient (Wildman–Crippen LogP) is 4.83. The van der Waals surface area contributed by atoms with Crippen LogP contribution in [0.4, 0.5) is 17.2 Å². The lowest BCUT2D eigenvalue weighted by Crippen LogP contribution is -2.32. The first-order chi connectivity index (χ1) is 29.6. The number of aromatic nitrogens is 8. The van der Waals surface area contributed by atoms with E-state index >= 15 is 0 Å². The minimum absolute atomic E-state index is 0.170. The number of hydrogen-bond donors (Lipinski definition) is 5. The topological polar surface area (TPSA) is 203 Å². The maximum absolute atomic E-state index is 12.8. The highest BCUT2D eigenvalue weighted by atomic mass is 35.5. The number of ether oxygens (including phenoxy) is 2. The van der Waals surface area contributed by atoms with E-state index in [1.54, 1.807) is 21.6 Å². The number of carbonyl (C=O) groups excluding carboxylic acids is 2. The zero-order chi connectivity index (χ0) is 43.3. The fourth-order valence-electron chi connectivity index (χ4n) is 7.04. The number of fused-ring (bicyclic) bond motifs is 2. The minimum atomic E-state index is -0.390. The lowest BCUT2D eigenvalue weighted by atomic mass is 10.2. The van der Waals surface area contributed by atoms with Gasteiger partial charge in [0.05, 0.1) is 60.4 Å². The average molecular weight is 855 g/mol. The second-order valence-electron chi connectivity index (χ2n) is 14.4. The van der Waals surface area contributed by atoms with Crippen LogP contribution in [0, 0.1) is 0 Å². The molecule has 2 aliphatic rings. The Labute approximate surface area is 360 Å². The van der Waals surface area contributed by atoms with Crippen molar-refractivity contribution in [1.29, 1.82) is 0 Å². The van der Waals surface area contributed by atoms with E-state index in [1.807, 2.05) is 58.5 Å². The van der Waals surface area contributed by atoms with E-state index in [-0.39, 0.29) is 22.4 Å². The SMILES string of the molecule is CCN[C@@H]1CCN(c2cnc(C(=O)Nc3cc4cn(C)nc4cc3OCC)cn2)C1.CCN[C@@H]1CCNC1.CCOc1cc2nn(C)cc2cc1NC(=O)c1cnc(Cl)cn1. The number of anilines is 3. The summed E-state index contributed by atoms with van der Waals surface area (Å²) in [5.41, 5.74) is 3.17. The molecule has 324 valence electrons. The molecule has 2 atom stereocenters. The van der Waals surface area contributed by atoms with Crippen molar-refractivity contribution in [2.75, 3.05) is 68.0 Å². The second kappa shape index (κ2) is 21.5. The molecule has 2 aromatic carbocycles. The molecule has 8 rings (SSSR count). The Morgan fingerprint density at radius 2 is 1.30 bits per heavy atom. The number of rotatable bonds is 13. The van der Waals surface area contributed by atoms with Crippen LogP contribution in [-0.2, 0) is 14.1 Å². The van der Waals surface area contributed by atoms with Gasteiger partial charge in [-0.15, -0.1) is 0 Å². The first-order valence-electron chi connectivity index (χ1n) is 20.6. The molecule has 2 aliphatic heterocycles. The summed E-state index contributed by atoms with van der Waals surface area (Å²) < 4.78 is 14.7. The Morgan fingerprint density at radius 1 is 0.738 bits per heavy atom. The molecule has 61 heavy (non-hydrogen) atoms. The zero-order valence-electron chi connectivity index (χ0n) is 35.5. The number of likely N-dealkylation sites (N-methyl/N-ethyl adjacent to an activating group) is 2. The van der Waals surface area contributed by atoms with Gasteiger partial charge in [-0.3, -0.25) is 19.0 Å². The van der Waals surface area contributed by atoms with Gasteiger partial charge in [-0.2, -0.15) is 10.2 Å². The molecular weight excluding hydrogens is 800 g/mol. The van der Waals surface area contributed by atoms with Crippen LogP contribution >= 0.6 is 11.6 Å². The molecule has 4 aromatic heterocycles. The van der Waals surface area contributed by atoms with Gasteiger partial charge in [-0.25, -0.2) is 19.9 Å². The van der Waals surface area contributed by atoms with Gasteiger partial charge in [0.1, 0.15) is 33.9 Å². The van der Waals surface area contributed by atoms with Gasteiger partial charge < -0.3 is 41.0 Å². The third-order valence-electron chi connectivity index (χ3n) is 9.82. The number of carbonyl (C=O) groups is 2. The highest BCUT2D eigenvalue weighted by Crippen LogP contribution is 2.32. The first kappa shape index (κ1) is 44.6. The standard InChI is InChI=1S/C21H27N7O2.C15H14ClN5O2.C6H14N2/c1-4-22-15-6-7-28(13-15)20-11-23-18(10-24-20)21(29)25-17-8-14-12-27(3)26-16(14)9-19(17)30-5-2;1-3-23-13-5-10-9(8-21(2)20-10)4-11(13)19-15(22)12-6-18-14(16)7-17-12;1-2-8-6-3-4-7-5-6/h8-12,15,22H,4-7,13H2,1-3H3,(H,25,29);4-8H,3H2,1-2H3,(H,19,22);6-8H,2-5H2,1H3/t15-;;6-/m1.1/s1. The number of hydrogen-bond acceptors (Lipinski definition) is 14. The number of nitrogens with one attached hydrogen (secondary N) is 5. The van der Waals surface area contributed by atoms with Crippen molar-refractivity contribution in [2.45, 2.75) is 52.6 Å². The summed E-state index contributed by atoms with van der Waals surface area (Å²) in [6, 6.07) is 8.52. The molecule has 0 unspecified atom stereocenters. The number of aryl methyl sites for hydroxylation is 2. The monoisotopic (exact) mass is 854 g/mol. The van der Waals surface area contributed by atoms with Crippen LogP contribution in [0.1, 0.15) is 61.5 Å². The van der Waals surface area contributed by atoms with E-state index in [0.717, 1.165) is 72.8 Å². The molecule has 0 saturated carbocycles. The summed E-state index contributed by atoms with van der Waals surface area (Å²) in [4.78, 5) is 43.8. The Morgan fingerprint density at radius 3 is 1.77 bits per heavy atom. The van der Waals surface area contributed by atoms with Gasteiger partial charge in [0, 0.05) is 81.1 Å². The third kappa shape index (κ3) is 12.1. The maximum Gasteiger partial charge on any atom is 0.275 e. The van der Waals surface area contributed by atoms with Gasteiger partial charge in [-0.05, 0) is 58.5 Å². The minimum Gasteiger partial charge on any atom is -0.492 e. The van der Waals surface area contributed by atoms with E-state index in [9.17, 15) is 9.59 Å². The molecule has 6 heterocycles. The first-order valence-corrected chi connectivity index (χ1v) is 21.0. The van der Waals surface area contributed by atoms with Crippen LogP contribution in [-0.4, -0.2) is 116 Å². The zero-order valence-corrected chi connectivity index (χ0v) is 36.3. The summed E-state index contributed by atoms with van der Waals surface area (Å²) >= 11 is 5.68. The molecule has 0 aliphatic carbocycles. The molecule has 2 amide bonds. The Balaban J connectivity index is 0.000000177. The fraction of sp³-hybridized carbons (Fsp3) is 0.429. The number of benzene rings is 2. The van der Waals surface area contributed by atoms with Gasteiger partial charge in [0.15, 0.2) is 0 Å². The van der Waals surface area contributed by atoms with Gasteiger partial charge in [0.2, 0.25) is 0 Å². The highest BCUT2D eigenvalue weighted by Gasteiger charge is 2.23. The summed E-state index contributed by atoms with van der Waals surface area (Å²) in [5.74, 6) is 1.20. The van der Waals surface area contributed by atoms with Crippen LogP contribution in [0.3, 0.4) is 0 Å². The third-order valence-corrected chi connectivity index (χ3v) is 10.0. The van der Waals surface area contributed by atoms with Gasteiger partial charge in [0.25, 0.3) is 11.8 Å². The van der Waals surface area contributed by atoms with E-state index in [0.29, 0.717) is 42.1 Å². The molecule has 2 saturated heterocycles. The second-order valence-corrected chi connectivity index (χ2v) is 14.8. The summed E-state index contributed by atoms with van der Waals surface area (Å²) in [7, 11) is 3.69. The predicted molar refractivity (Wildman–Crippen MR) is 238 cm³/mol. The summed E-state index contributed by atoms with van der Waals surface area (Å²) in [6.45, 7) is 15.2. The number of nitrogens with zero attached hydrogens (tertiary/aromatic N) is 9. The summed E-state index contributed by atoms with van der Waals surface area (Å²) in [5, 5.41) is 26.6. The van der Waals surface area contributed by atoms with Crippen molar-refractivity contribution in [3.8, 4) is 11.5 Å². The highest BCUT2D eigenvalue weighted by molar-refractivity contribution is 6.29. The van der Waals surface area contributed by atoms with E-state index in [2.05, 4.69) is 75.5 Å². The molecule has 0 bridgehead atoms. The van der Waals surface area contributed by atoms with Crippen molar-refractivity contribution < 1.29 is 19.1 Å². The number of halogens is 1. The lowest BCUT2D eigenvalue weighted by molar-refractivity contribution is 0.101. The Kier molecular flexibility index (Phi) is 15.7. The maximum atomic E-state index is 12.8. The molecule has 0 radical (unpaired) electrons. The quantitative estimate of drug-likeness (QED) is 0.106. The smallest absolute Gasteiger partial charge is 0.275 e. The lowest BCUT2D eigenvalue weighted by Gasteiger charge is -2.17. The average Bonchev–Trinajstić information content (AvgIpc) is 4.07. The van der Waals surface area contributed by atoms with Crippen LogP contribution in [0.2, 0.25) is 5.15 Å². The van der Waals surface area contributed by atoms with Crippen molar-refractivity contribution in [2.24, 2.45) is 14.1 Å². The molecule has 18 nitrogen and oxygen atoms in total. The van der Waals surface area contributed by atoms with Crippen molar-refractivity contribution in [3.05, 3.63) is 78.0 Å². The van der Waals surface area contributed by atoms with E-state index in [1.165, 1.54) is 31.6 Å². The van der Waals surface area contributed by atoms with E-state index < -0.39 is 5.91 Å². The Hall–Kier alpha value is -5.95. The van der Waals surface area contributed by atoms with Gasteiger partial charge >= 0.3 is 0 Å². The van der Waals surface area contributed by atoms with Crippen LogP contribution in [0.15, 0.2) is 61.4 Å². The van der Waals surface area contributed by atoms with E-state index in [4.69, 9.17) is 21.1 Å². The van der Waals surface area contributed by atoms with Crippen molar-refractivity contribution >= 4 is 62.4 Å². The Bertz CT molecular complexity index is 2360. The fourth-order valence-corrected chi connectivity index (χ4v) is 7.14. The molecule has 2 fully saturated rings. The van der Waals surface area contributed by atoms with Crippen molar-refractivity contribution in [1.82, 2.24) is 55.4 Å². The molecular formula is C42H55ClN14O4. The molecule has 0 spiro atoms. The largest absolute Gasteiger partial charge is 0.492 e.